The summed E-state index contributed by atoms with van der Waals surface area (Å²) < 4.78 is 4.87. The molecule has 0 unspecified atom stereocenters. The van der Waals surface area contributed by atoms with Gasteiger partial charge in [-0.2, -0.15) is 0 Å². The number of hydrogen-bond donors (Lipinski definition) is 0. The number of halogens is 1. The maximum atomic E-state index is 11.0. The fourth-order valence-electron chi connectivity index (χ4n) is 1.17. The Balaban J connectivity index is 2.76. The molecular formula is C9H6ClNO2. The van der Waals surface area contributed by atoms with E-state index in [0.29, 0.717) is 15.9 Å². The van der Waals surface area contributed by atoms with Crippen molar-refractivity contribution in [2.45, 2.75) is 6.92 Å². The predicted molar refractivity (Wildman–Crippen MR) is 49.0 cm³/mol. The van der Waals surface area contributed by atoms with Crippen molar-refractivity contribution in [3.8, 4) is 0 Å². The van der Waals surface area contributed by atoms with Crippen LogP contribution in [-0.4, -0.2) is 10.9 Å². The lowest BCUT2D eigenvalue weighted by Gasteiger charge is -1.89. The highest BCUT2D eigenvalue weighted by Gasteiger charge is 2.11. The molecule has 1 aromatic carbocycles. The first-order valence-electron chi connectivity index (χ1n) is 3.74. The maximum Gasteiger partial charge on any atom is 0.209 e. The molecule has 66 valence electrons. The highest BCUT2D eigenvalue weighted by molar-refractivity contribution is 6.31. The Kier molecular flexibility index (Phi) is 1.81. The zero-order valence-corrected chi connectivity index (χ0v) is 7.63. The van der Waals surface area contributed by atoms with E-state index >= 15 is 0 Å². The number of rotatable bonds is 1. The van der Waals surface area contributed by atoms with Crippen LogP contribution in [0.5, 0.6) is 0 Å². The van der Waals surface area contributed by atoms with Gasteiger partial charge < -0.3 is 4.52 Å². The van der Waals surface area contributed by atoms with Crippen molar-refractivity contribution in [2.75, 3.05) is 0 Å². The molecule has 0 aliphatic rings. The van der Waals surface area contributed by atoms with Crippen LogP contribution in [0.15, 0.2) is 22.7 Å². The second-order valence-electron chi connectivity index (χ2n) is 2.73. The summed E-state index contributed by atoms with van der Waals surface area (Å²) in [4.78, 5) is 11.0. The molecule has 0 spiro atoms. The van der Waals surface area contributed by atoms with Crippen molar-refractivity contribution in [2.24, 2.45) is 0 Å². The number of hydrogen-bond acceptors (Lipinski definition) is 3. The summed E-state index contributed by atoms with van der Waals surface area (Å²) >= 11 is 5.74. The van der Waals surface area contributed by atoms with Crippen LogP contribution in [0.25, 0.3) is 10.9 Å². The van der Waals surface area contributed by atoms with E-state index in [9.17, 15) is 4.79 Å². The number of aromatic nitrogens is 1. The van der Waals surface area contributed by atoms with Crippen LogP contribution in [0.2, 0.25) is 5.02 Å². The van der Waals surface area contributed by atoms with Gasteiger partial charge in [-0.1, -0.05) is 16.8 Å². The fraction of sp³-hybridized carbons (Fsp3) is 0.111. The molecule has 1 aromatic heterocycles. The van der Waals surface area contributed by atoms with E-state index in [0.717, 1.165) is 0 Å². The summed E-state index contributed by atoms with van der Waals surface area (Å²) in [6, 6.07) is 5.09. The van der Waals surface area contributed by atoms with E-state index in [4.69, 9.17) is 16.1 Å². The van der Waals surface area contributed by atoms with Crippen molar-refractivity contribution in [3.63, 3.8) is 0 Å². The van der Waals surface area contributed by atoms with Gasteiger partial charge in [0.2, 0.25) is 5.76 Å². The minimum absolute atomic E-state index is 0.134. The number of carbonyl (C=O) groups excluding carboxylic acids is 1. The number of ketones is 1. The standard InChI is InChI=1S/C9H6ClNO2/c1-5(12)9-7-3-2-6(10)4-8(7)11-13-9/h2-4H,1H3. The van der Waals surface area contributed by atoms with Gasteiger partial charge in [0.25, 0.3) is 0 Å². The zero-order valence-electron chi connectivity index (χ0n) is 6.87. The third-order valence-electron chi connectivity index (χ3n) is 1.76. The van der Waals surface area contributed by atoms with Crippen LogP contribution in [0.1, 0.15) is 17.5 Å². The van der Waals surface area contributed by atoms with E-state index in [2.05, 4.69) is 5.16 Å². The smallest absolute Gasteiger partial charge is 0.209 e. The van der Waals surface area contributed by atoms with E-state index in [-0.39, 0.29) is 11.5 Å². The molecule has 0 aliphatic heterocycles. The molecule has 3 nitrogen and oxygen atoms in total. The largest absolute Gasteiger partial charge is 0.352 e. The molecule has 0 fully saturated rings. The maximum absolute atomic E-state index is 11.0. The fourth-order valence-corrected chi connectivity index (χ4v) is 1.34. The van der Waals surface area contributed by atoms with Crippen molar-refractivity contribution >= 4 is 28.3 Å². The molecule has 13 heavy (non-hydrogen) atoms. The van der Waals surface area contributed by atoms with Gasteiger partial charge in [0.15, 0.2) is 5.78 Å². The molecule has 2 rings (SSSR count). The Morgan fingerprint density at radius 1 is 1.54 bits per heavy atom. The van der Waals surface area contributed by atoms with Crippen LogP contribution in [0.3, 0.4) is 0 Å². The molecule has 0 bridgehead atoms. The summed E-state index contributed by atoms with van der Waals surface area (Å²) in [7, 11) is 0. The number of nitrogens with zero attached hydrogens (tertiary/aromatic N) is 1. The zero-order chi connectivity index (χ0) is 9.42. The molecule has 2 aromatic rings. The van der Waals surface area contributed by atoms with E-state index < -0.39 is 0 Å². The van der Waals surface area contributed by atoms with Crippen molar-refractivity contribution in [3.05, 3.63) is 29.0 Å². The summed E-state index contributed by atoms with van der Waals surface area (Å²) in [6.07, 6.45) is 0. The minimum Gasteiger partial charge on any atom is -0.352 e. The highest BCUT2D eigenvalue weighted by Crippen LogP contribution is 2.21. The molecule has 0 saturated heterocycles. The first-order chi connectivity index (χ1) is 6.18. The third-order valence-corrected chi connectivity index (χ3v) is 1.99. The summed E-state index contributed by atoms with van der Waals surface area (Å²) in [5, 5.41) is 5.01. The average Bonchev–Trinajstić information content (AvgIpc) is 2.46. The number of carbonyl (C=O) groups is 1. The van der Waals surface area contributed by atoms with Crippen LogP contribution in [0, 0.1) is 0 Å². The molecule has 4 heteroatoms. The highest BCUT2D eigenvalue weighted by atomic mass is 35.5. The van der Waals surface area contributed by atoms with Crippen LogP contribution in [0.4, 0.5) is 0 Å². The van der Waals surface area contributed by atoms with E-state index in [1.54, 1.807) is 18.2 Å². The van der Waals surface area contributed by atoms with Gasteiger partial charge in [-0.3, -0.25) is 4.79 Å². The average molecular weight is 196 g/mol. The first-order valence-corrected chi connectivity index (χ1v) is 4.12. The Morgan fingerprint density at radius 3 is 3.00 bits per heavy atom. The van der Waals surface area contributed by atoms with Crippen LogP contribution < -0.4 is 0 Å². The molecule has 0 N–H and O–H groups in total. The second-order valence-corrected chi connectivity index (χ2v) is 3.17. The van der Waals surface area contributed by atoms with E-state index in [1.807, 2.05) is 0 Å². The molecular weight excluding hydrogens is 190 g/mol. The van der Waals surface area contributed by atoms with Gasteiger partial charge in [0, 0.05) is 11.9 Å². The van der Waals surface area contributed by atoms with Crippen molar-refractivity contribution in [1.29, 1.82) is 0 Å². The van der Waals surface area contributed by atoms with Crippen LogP contribution >= 0.6 is 11.6 Å². The van der Waals surface area contributed by atoms with Gasteiger partial charge in [-0.25, -0.2) is 0 Å². The molecule has 0 atom stereocenters. The first kappa shape index (κ1) is 8.26. The quantitative estimate of drug-likeness (QED) is 0.657. The lowest BCUT2D eigenvalue weighted by Crippen LogP contribution is -1.88. The topological polar surface area (TPSA) is 43.1 Å². The predicted octanol–water partition coefficient (Wildman–Crippen LogP) is 2.68. The van der Waals surface area contributed by atoms with Gasteiger partial charge in [0.1, 0.15) is 5.52 Å². The van der Waals surface area contributed by atoms with Gasteiger partial charge in [0.05, 0.1) is 5.39 Å². The van der Waals surface area contributed by atoms with Crippen LogP contribution in [-0.2, 0) is 0 Å². The Hall–Kier alpha value is -1.35. The van der Waals surface area contributed by atoms with Gasteiger partial charge in [-0.05, 0) is 18.2 Å². The normalized spacial score (nSPS) is 10.6. The molecule has 1 heterocycles. The molecule has 0 radical (unpaired) electrons. The minimum atomic E-state index is -0.134. The lowest BCUT2D eigenvalue weighted by molar-refractivity contribution is 0.0981. The summed E-state index contributed by atoms with van der Waals surface area (Å²) in [5.74, 6) is 0.150. The Bertz CT molecular complexity index is 475. The second kappa shape index (κ2) is 2.85. The number of Topliss-reactive ketones (excluding diaryl/α,β-unsaturated/α-hetero) is 1. The molecule has 0 aliphatic carbocycles. The number of benzene rings is 1. The third kappa shape index (κ3) is 1.31. The summed E-state index contributed by atoms with van der Waals surface area (Å²) in [6.45, 7) is 1.44. The SMILES string of the molecule is CC(=O)c1onc2cc(Cl)ccc12. The van der Waals surface area contributed by atoms with Crippen molar-refractivity contribution < 1.29 is 9.32 Å². The van der Waals surface area contributed by atoms with E-state index in [1.165, 1.54) is 6.92 Å². The number of fused-ring (bicyclic) bond motifs is 1. The van der Waals surface area contributed by atoms with Gasteiger partial charge in [-0.15, -0.1) is 0 Å². The monoisotopic (exact) mass is 195 g/mol. The summed E-state index contributed by atoms with van der Waals surface area (Å²) in [5.41, 5.74) is 0.609. The molecule has 0 saturated carbocycles. The van der Waals surface area contributed by atoms with Gasteiger partial charge >= 0.3 is 0 Å². The van der Waals surface area contributed by atoms with Crippen molar-refractivity contribution in [1.82, 2.24) is 5.16 Å². The Labute approximate surface area is 79.3 Å². The Morgan fingerprint density at radius 2 is 2.31 bits per heavy atom. The lowest BCUT2D eigenvalue weighted by atomic mass is 10.2. The molecule has 0 amide bonds.